The second kappa shape index (κ2) is 6.97. The normalized spacial score (nSPS) is 10.6. The van der Waals surface area contributed by atoms with Crippen molar-refractivity contribution in [3.63, 3.8) is 0 Å². The number of hydrogen-bond donors (Lipinski definition) is 1. The van der Waals surface area contributed by atoms with Crippen LogP contribution in [0.25, 0.3) is 0 Å². The number of nitrogens with one attached hydrogen (secondary N) is 1. The smallest absolute Gasteiger partial charge is 0.146 e. The Labute approximate surface area is 113 Å². The van der Waals surface area contributed by atoms with E-state index in [1.165, 1.54) is 0 Å². The molecule has 4 nitrogen and oxygen atoms in total. The van der Waals surface area contributed by atoms with Crippen molar-refractivity contribution in [2.75, 3.05) is 14.2 Å². The van der Waals surface area contributed by atoms with Crippen molar-refractivity contribution in [1.29, 1.82) is 0 Å². The Morgan fingerprint density at radius 1 is 1.11 bits per heavy atom. The maximum absolute atomic E-state index is 5.70. The van der Waals surface area contributed by atoms with Crippen molar-refractivity contribution >= 4 is 0 Å². The molecule has 1 aromatic carbocycles. The second-order valence-corrected chi connectivity index (χ2v) is 4.27. The number of furan rings is 1. The molecule has 1 N–H and O–H groups in total. The molecular weight excluding hydrogens is 242 g/mol. The molecule has 1 aromatic heterocycles. The zero-order chi connectivity index (χ0) is 13.5. The summed E-state index contributed by atoms with van der Waals surface area (Å²) < 4.78 is 16.4. The molecule has 0 unspecified atom stereocenters. The molecule has 4 heteroatoms. The van der Waals surface area contributed by atoms with Gasteiger partial charge in [-0.15, -0.1) is 0 Å². The van der Waals surface area contributed by atoms with Crippen molar-refractivity contribution < 1.29 is 13.9 Å². The van der Waals surface area contributed by atoms with E-state index in [0.29, 0.717) is 13.2 Å². The Kier molecular flexibility index (Phi) is 5.01. The number of hydrogen-bond acceptors (Lipinski definition) is 4. The Morgan fingerprint density at radius 2 is 1.95 bits per heavy atom. The molecule has 1 heterocycles. The van der Waals surface area contributed by atoms with Gasteiger partial charge in [0.25, 0.3) is 0 Å². The summed E-state index contributed by atoms with van der Waals surface area (Å²) in [5.74, 6) is 2.55. The third-order valence-electron chi connectivity index (χ3n) is 2.66. The number of benzene rings is 1. The summed E-state index contributed by atoms with van der Waals surface area (Å²) in [5, 5.41) is 3.04. The van der Waals surface area contributed by atoms with Gasteiger partial charge in [0, 0.05) is 7.11 Å². The van der Waals surface area contributed by atoms with Crippen LogP contribution in [0.4, 0.5) is 0 Å². The van der Waals surface area contributed by atoms with Gasteiger partial charge < -0.3 is 19.2 Å². The molecule has 0 amide bonds. The van der Waals surface area contributed by atoms with E-state index in [1.54, 1.807) is 7.11 Å². The Hall–Kier alpha value is -1.78. The van der Waals surface area contributed by atoms with E-state index in [4.69, 9.17) is 13.9 Å². The largest absolute Gasteiger partial charge is 0.486 e. The van der Waals surface area contributed by atoms with Gasteiger partial charge in [0.15, 0.2) is 0 Å². The topological polar surface area (TPSA) is 43.6 Å². The summed E-state index contributed by atoms with van der Waals surface area (Å²) in [7, 11) is 3.57. The summed E-state index contributed by atoms with van der Waals surface area (Å²) in [6, 6.07) is 11.8. The number of rotatable bonds is 7. The van der Waals surface area contributed by atoms with Gasteiger partial charge in [-0.05, 0) is 36.9 Å². The highest BCUT2D eigenvalue weighted by molar-refractivity contribution is 5.28. The highest BCUT2D eigenvalue weighted by Gasteiger charge is 2.03. The van der Waals surface area contributed by atoms with Crippen LogP contribution >= 0.6 is 0 Å². The van der Waals surface area contributed by atoms with Crippen LogP contribution in [0.3, 0.4) is 0 Å². The first-order chi connectivity index (χ1) is 9.31. The molecule has 0 saturated heterocycles. The van der Waals surface area contributed by atoms with Crippen LogP contribution in [0, 0.1) is 0 Å². The molecule has 0 atom stereocenters. The fourth-order valence-electron chi connectivity index (χ4n) is 1.82. The maximum Gasteiger partial charge on any atom is 0.146 e. The van der Waals surface area contributed by atoms with Gasteiger partial charge in [0.05, 0.1) is 13.2 Å². The van der Waals surface area contributed by atoms with Gasteiger partial charge in [-0.25, -0.2) is 0 Å². The monoisotopic (exact) mass is 261 g/mol. The van der Waals surface area contributed by atoms with E-state index in [1.807, 2.05) is 43.4 Å². The third-order valence-corrected chi connectivity index (χ3v) is 2.66. The van der Waals surface area contributed by atoms with Crippen LogP contribution in [0.15, 0.2) is 40.8 Å². The molecule has 0 aliphatic carbocycles. The van der Waals surface area contributed by atoms with Gasteiger partial charge in [0.2, 0.25) is 0 Å². The molecule has 0 saturated carbocycles. The lowest BCUT2D eigenvalue weighted by atomic mass is 10.2. The van der Waals surface area contributed by atoms with Crippen LogP contribution in [0.5, 0.6) is 5.75 Å². The summed E-state index contributed by atoms with van der Waals surface area (Å²) in [6.45, 7) is 1.74. The summed E-state index contributed by atoms with van der Waals surface area (Å²) in [4.78, 5) is 0. The third kappa shape index (κ3) is 4.12. The first-order valence-corrected chi connectivity index (χ1v) is 6.24. The average Bonchev–Trinajstić information content (AvgIpc) is 2.86. The minimum atomic E-state index is 0.431. The Bertz CT molecular complexity index is 508. The molecule has 0 aliphatic heterocycles. The predicted octanol–water partition coefficient (Wildman–Crippen LogP) is 2.72. The van der Waals surface area contributed by atoms with E-state index in [2.05, 4.69) is 5.32 Å². The van der Waals surface area contributed by atoms with E-state index in [-0.39, 0.29) is 0 Å². The highest BCUT2D eigenvalue weighted by atomic mass is 16.5. The summed E-state index contributed by atoms with van der Waals surface area (Å²) in [6.07, 6.45) is 0. The highest BCUT2D eigenvalue weighted by Crippen LogP contribution is 2.16. The van der Waals surface area contributed by atoms with Gasteiger partial charge in [-0.3, -0.25) is 0 Å². The first-order valence-electron chi connectivity index (χ1n) is 6.24. The van der Waals surface area contributed by atoms with Crippen molar-refractivity contribution in [2.45, 2.75) is 19.8 Å². The van der Waals surface area contributed by atoms with Crippen molar-refractivity contribution in [2.24, 2.45) is 0 Å². The fourth-order valence-corrected chi connectivity index (χ4v) is 1.82. The predicted molar refractivity (Wildman–Crippen MR) is 73.0 cm³/mol. The van der Waals surface area contributed by atoms with E-state index >= 15 is 0 Å². The number of methoxy groups -OCH3 is 1. The van der Waals surface area contributed by atoms with Gasteiger partial charge in [0.1, 0.15) is 23.9 Å². The molecule has 0 bridgehead atoms. The minimum absolute atomic E-state index is 0.431. The van der Waals surface area contributed by atoms with Crippen molar-refractivity contribution in [3.05, 3.63) is 53.5 Å². The van der Waals surface area contributed by atoms with Crippen LogP contribution in [-0.4, -0.2) is 14.2 Å². The zero-order valence-corrected chi connectivity index (χ0v) is 11.3. The summed E-state index contributed by atoms with van der Waals surface area (Å²) in [5.41, 5.74) is 1.09. The van der Waals surface area contributed by atoms with Gasteiger partial charge in [-0.1, -0.05) is 12.1 Å². The molecule has 0 fully saturated rings. The zero-order valence-electron chi connectivity index (χ0n) is 11.3. The lowest BCUT2D eigenvalue weighted by Gasteiger charge is -2.06. The second-order valence-electron chi connectivity index (χ2n) is 4.27. The van der Waals surface area contributed by atoms with Crippen LogP contribution in [0.1, 0.15) is 17.1 Å². The Balaban J connectivity index is 1.91. The SMILES string of the molecule is CNCc1ccc(COc2cccc(COC)c2)o1. The van der Waals surface area contributed by atoms with Gasteiger partial charge >= 0.3 is 0 Å². The van der Waals surface area contributed by atoms with E-state index < -0.39 is 0 Å². The molecule has 19 heavy (non-hydrogen) atoms. The molecular formula is C15H19NO3. The quantitative estimate of drug-likeness (QED) is 0.832. The van der Waals surface area contributed by atoms with Crippen LogP contribution in [-0.2, 0) is 24.5 Å². The number of ether oxygens (including phenoxy) is 2. The lowest BCUT2D eigenvalue weighted by Crippen LogP contribution is -2.03. The molecule has 0 spiro atoms. The fraction of sp³-hybridized carbons (Fsp3) is 0.333. The minimum Gasteiger partial charge on any atom is -0.486 e. The van der Waals surface area contributed by atoms with Crippen LogP contribution in [0.2, 0.25) is 0 Å². The van der Waals surface area contributed by atoms with Crippen LogP contribution < -0.4 is 10.1 Å². The van der Waals surface area contributed by atoms with Crippen molar-refractivity contribution in [1.82, 2.24) is 5.32 Å². The average molecular weight is 261 g/mol. The Morgan fingerprint density at radius 3 is 2.74 bits per heavy atom. The lowest BCUT2D eigenvalue weighted by molar-refractivity contribution is 0.184. The molecule has 0 aliphatic rings. The summed E-state index contributed by atoms with van der Waals surface area (Å²) >= 11 is 0. The van der Waals surface area contributed by atoms with Gasteiger partial charge in [-0.2, -0.15) is 0 Å². The van der Waals surface area contributed by atoms with E-state index in [9.17, 15) is 0 Å². The van der Waals surface area contributed by atoms with Crippen molar-refractivity contribution in [3.8, 4) is 5.75 Å². The molecule has 2 aromatic rings. The molecule has 2 rings (SSSR count). The molecule has 102 valence electrons. The first kappa shape index (κ1) is 13.6. The van der Waals surface area contributed by atoms with E-state index in [0.717, 1.165) is 29.4 Å². The standard InChI is InChI=1S/C15H19NO3/c1-16-9-14-6-7-15(19-14)11-18-13-5-3-4-12(8-13)10-17-2/h3-8,16H,9-11H2,1-2H3. The maximum atomic E-state index is 5.70. The molecule has 0 radical (unpaired) electrons.